The van der Waals surface area contributed by atoms with Crippen molar-refractivity contribution < 1.29 is 5.11 Å². The van der Waals surface area contributed by atoms with Crippen LogP contribution in [-0.2, 0) is 13.1 Å². The Morgan fingerprint density at radius 2 is 2.26 bits per heavy atom. The molecule has 0 unspecified atom stereocenters. The number of nitrogens with one attached hydrogen (secondary N) is 1. The summed E-state index contributed by atoms with van der Waals surface area (Å²) in [5.41, 5.74) is 0.0300. The third kappa shape index (κ3) is 3.30. The van der Waals surface area contributed by atoms with Crippen LogP contribution in [0.1, 0.15) is 0 Å². The highest BCUT2D eigenvalue weighted by Crippen LogP contribution is 2.14. The maximum absolute atomic E-state index is 11.8. The van der Waals surface area contributed by atoms with E-state index in [2.05, 4.69) is 20.7 Å². The number of hydrogen-bond acceptors (Lipinski definition) is 6. The maximum atomic E-state index is 11.8. The Labute approximate surface area is 113 Å². The summed E-state index contributed by atoms with van der Waals surface area (Å²) >= 11 is 5.94. The van der Waals surface area contributed by atoms with E-state index >= 15 is 0 Å². The van der Waals surface area contributed by atoms with Gasteiger partial charge in [-0.15, -0.1) is 5.10 Å². The normalized spacial score (nSPS) is 10.6. The quantitative estimate of drug-likeness (QED) is 0.748. The second kappa shape index (κ2) is 6.30. The smallest absolute Gasteiger partial charge is 0.287 e. The molecule has 9 heteroatoms. The lowest BCUT2D eigenvalue weighted by Gasteiger charge is -2.09. The summed E-state index contributed by atoms with van der Waals surface area (Å²) in [5.74, 6) is 0. The van der Waals surface area contributed by atoms with E-state index in [1.54, 1.807) is 17.1 Å². The van der Waals surface area contributed by atoms with Gasteiger partial charge in [0, 0.05) is 12.7 Å². The van der Waals surface area contributed by atoms with Crippen molar-refractivity contribution in [3.63, 3.8) is 0 Å². The number of hydrogen-bond donors (Lipinski definition) is 2. The van der Waals surface area contributed by atoms with Gasteiger partial charge in [0.25, 0.3) is 5.56 Å². The van der Waals surface area contributed by atoms with Gasteiger partial charge in [0.05, 0.1) is 37.8 Å². The Morgan fingerprint density at radius 1 is 1.42 bits per heavy atom. The molecule has 0 aromatic carbocycles. The highest BCUT2D eigenvalue weighted by molar-refractivity contribution is 6.32. The molecule has 0 spiro atoms. The number of halogens is 1. The lowest BCUT2D eigenvalue weighted by Crippen LogP contribution is -2.26. The molecule has 2 N–H and O–H groups in total. The van der Waals surface area contributed by atoms with Crippen molar-refractivity contribution in [1.82, 2.24) is 24.8 Å². The molecule has 0 atom stereocenters. The van der Waals surface area contributed by atoms with Gasteiger partial charge in [0.2, 0.25) is 0 Å². The summed E-state index contributed by atoms with van der Waals surface area (Å²) in [6, 6.07) is 0. The zero-order valence-corrected chi connectivity index (χ0v) is 10.8. The molecule has 0 bridgehead atoms. The first-order chi connectivity index (χ1) is 9.22. The third-order valence-electron chi connectivity index (χ3n) is 2.42. The fraction of sp³-hybridized carbons (Fsp3) is 0.400. The standard InChI is InChI=1S/C10H13ClN6O2/c11-9-8(7-14-17(5-6-18)10(9)19)12-1-3-16-4-2-13-15-16/h2,4,7,12,18H,1,3,5-6H2. The lowest BCUT2D eigenvalue weighted by molar-refractivity contribution is 0.266. The molecule has 0 aliphatic heterocycles. The summed E-state index contributed by atoms with van der Waals surface area (Å²) in [6.07, 6.45) is 4.78. The van der Waals surface area contributed by atoms with E-state index in [1.807, 2.05) is 0 Å². The van der Waals surface area contributed by atoms with Gasteiger partial charge in [-0.2, -0.15) is 5.10 Å². The molecule has 0 aliphatic carbocycles. The van der Waals surface area contributed by atoms with Crippen LogP contribution in [-0.4, -0.2) is 43.0 Å². The predicted molar refractivity (Wildman–Crippen MR) is 69.1 cm³/mol. The van der Waals surface area contributed by atoms with Crippen molar-refractivity contribution in [3.8, 4) is 0 Å². The van der Waals surface area contributed by atoms with Gasteiger partial charge in [-0.25, -0.2) is 4.68 Å². The molecule has 2 aromatic heterocycles. The number of aromatic nitrogens is 5. The average Bonchev–Trinajstić information content (AvgIpc) is 2.91. The Bertz CT molecular complexity index is 582. The van der Waals surface area contributed by atoms with Crippen LogP contribution < -0.4 is 10.9 Å². The van der Waals surface area contributed by atoms with Crippen LogP contribution >= 0.6 is 11.6 Å². The van der Waals surface area contributed by atoms with E-state index in [9.17, 15) is 4.79 Å². The second-order valence-corrected chi connectivity index (χ2v) is 4.09. The number of aliphatic hydroxyl groups is 1. The van der Waals surface area contributed by atoms with Gasteiger partial charge in [-0.1, -0.05) is 16.8 Å². The molecule has 8 nitrogen and oxygen atoms in total. The van der Waals surface area contributed by atoms with Crippen LogP contribution in [0.25, 0.3) is 0 Å². The number of aliphatic hydroxyl groups excluding tert-OH is 1. The first-order valence-electron chi connectivity index (χ1n) is 5.67. The minimum absolute atomic E-state index is 0.0574. The number of nitrogens with zero attached hydrogens (tertiary/aromatic N) is 5. The van der Waals surface area contributed by atoms with Gasteiger partial charge in [-0.05, 0) is 0 Å². The Morgan fingerprint density at radius 3 is 2.95 bits per heavy atom. The van der Waals surface area contributed by atoms with Gasteiger partial charge in [0.15, 0.2) is 0 Å². The van der Waals surface area contributed by atoms with E-state index in [0.717, 1.165) is 4.68 Å². The SMILES string of the molecule is O=c1c(Cl)c(NCCn2ccnn2)cnn1CCO. The highest BCUT2D eigenvalue weighted by atomic mass is 35.5. The topological polar surface area (TPSA) is 97.9 Å². The summed E-state index contributed by atoms with van der Waals surface area (Å²) < 4.78 is 2.77. The van der Waals surface area contributed by atoms with Gasteiger partial charge in [-0.3, -0.25) is 9.48 Å². The molecule has 2 rings (SSSR count). The van der Waals surface area contributed by atoms with Crippen molar-refractivity contribution in [2.45, 2.75) is 13.1 Å². The minimum Gasteiger partial charge on any atom is -0.394 e. The molecular formula is C10H13ClN6O2. The van der Waals surface area contributed by atoms with Crippen molar-refractivity contribution >= 4 is 17.3 Å². The lowest BCUT2D eigenvalue weighted by atomic mass is 10.4. The van der Waals surface area contributed by atoms with E-state index in [0.29, 0.717) is 18.8 Å². The molecule has 0 saturated heterocycles. The molecular weight excluding hydrogens is 272 g/mol. The molecule has 0 radical (unpaired) electrons. The minimum atomic E-state index is -0.429. The fourth-order valence-corrected chi connectivity index (χ4v) is 1.71. The van der Waals surface area contributed by atoms with Crippen molar-refractivity contribution in [2.24, 2.45) is 0 Å². The molecule has 102 valence electrons. The van der Waals surface area contributed by atoms with Crippen LogP contribution in [0.3, 0.4) is 0 Å². The second-order valence-electron chi connectivity index (χ2n) is 3.72. The number of rotatable bonds is 6. The van der Waals surface area contributed by atoms with Crippen LogP contribution in [0.4, 0.5) is 5.69 Å². The van der Waals surface area contributed by atoms with Crippen LogP contribution in [0.15, 0.2) is 23.4 Å². The van der Waals surface area contributed by atoms with Crippen molar-refractivity contribution in [2.75, 3.05) is 18.5 Å². The fourth-order valence-electron chi connectivity index (χ4n) is 1.50. The van der Waals surface area contributed by atoms with Crippen LogP contribution in [0, 0.1) is 0 Å². The first kappa shape index (κ1) is 13.5. The summed E-state index contributed by atoms with van der Waals surface area (Å²) in [4.78, 5) is 11.8. The first-order valence-corrected chi connectivity index (χ1v) is 6.04. The summed E-state index contributed by atoms with van der Waals surface area (Å²) in [5, 5.41) is 23.2. The van der Waals surface area contributed by atoms with Crippen LogP contribution in [0.2, 0.25) is 5.02 Å². The van der Waals surface area contributed by atoms with Crippen molar-refractivity contribution in [1.29, 1.82) is 0 Å². The summed E-state index contributed by atoms with van der Waals surface area (Å²) in [6.45, 7) is 1.09. The maximum Gasteiger partial charge on any atom is 0.287 e. The van der Waals surface area contributed by atoms with Gasteiger partial charge in [0.1, 0.15) is 5.02 Å². The van der Waals surface area contributed by atoms with E-state index in [1.165, 1.54) is 6.20 Å². The molecule has 19 heavy (non-hydrogen) atoms. The Balaban J connectivity index is 2.01. The largest absolute Gasteiger partial charge is 0.394 e. The Hall–Kier alpha value is -1.93. The monoisotopic (exact) mass is 284 g/mol. The van der Waals surface area contributed by atoms with Crippen molar-refractivity contribution in [3.05, 3.63) is 34.0 Å². The zero-order chi connectivity index (χ0) is 13.7. The predicted octanol–water partition coefficient (Wildman–Crippen LogP) is -0.407. The summed E-state index contributed by atoms with van der Waals surface area (Å²) in [7, 11) is 0. The molecule has 2 aromatic rings. The average molecular weight is 285 g/mol. The molecule has 0 saturated carbocycles. The van der Waals surface area contributed by atoms with E-state index in [-0.39, 0.29) is 18.2 Å². The van der Waals surface area contributed by atoms with E-state index in [4.69, 9.17) is 16.7 Å². The molecule has 0 fully saturated rings. The molecule has 2 heterocycles. The number of anilines is 1. The van der Waals surface area contributed by atoms with Gasteiger partial charge >= 0.3 is 0 Å². The van der Waals surface area contributed by atoms with Gasteiger partial charge < -0.3 is 10.4 Å². The Kier molecular flexibility index (Phi) is 4.48. The van der Waals surface area contributed by atoms with E-state index < -0.39 is 5.56 Å². The molecule has 0 amide bonds. The zero-order valence-electron chi connectivity index (χ0n) is 10.0. The third-order valence-corrected chi connectivity index (χ3v) is 2.79. The highest BCUT2D eigenvalue weighted by Gasteiger charge is 2.08. The van der Waals surface area contributed by atoms with Crippen LogP contribution in [0.5, 0.6) is 0 Å². The molecule has 0 aliphatic rings.